The van der Waals surface area contributed by atoms with Crippen molar-refractivity contribution in [3.8, 4) is 0 Å². The third-order valence-corrected chi connectivity index (χ3v) is 7.36. The summed E-state index contributed by atoms with van der Waals surface area (Å²) in [4.78, 5) is 0. The number of rotatable bonds is 4. The Bertz CT molecular complexity index is 513. The predicted molar refractivity (Wildman–Crippen MR) is 93.4 cm³/mol. The van der Waals surface area contributed by atoms with Crippen molar-refractivity contribution in [1.82, 2.24) is 5.32 Å². The summed E-state index contributed by atoms with van der Waals surface area (Å²) in [5, 5.41) is 5.32. The SMILES string of the molecule is C[C@H](NCc1c(Cl)cccc1Cl)C12CC3CC(CC(C3)C1)C2. The van der Waals surface area contributed by atoms with E-state index in [9.17, 15) is 0 Å². The van der Waals surface area contributed by atoms with Crippen molar-refractivity contribution in [2.45, 2.75) is 58.0 Å². The fourth-order valence-corrected chi connectivity index (χ4v) is 6.41. The van der Waals surface area contributed by atoms with Crippen LogP contribution in [0.3, 0.4) is 0 Å². The van der Waals surface area contributed by atoms with Crippen LogP contribution in [0.25, 0.3) is 0 Å². The number of hydrogen-bond donors (Lipinski definition) is 1. The lowest BCUT2D eigenvalue weighted by atomic mass is 9.48. The molecular formula is C19H25Cl2N. The summed E-state index contributed by atoms with van der Waals surface area (Å²) in [5.41, 5.74) is 1.57. The van der Waals surface area contributed by atoms with Crippen LogP contribution in [-0.2, 0) is 6.54 Å². The first kappa shape index (κ1) is 15.3. The summed E-state index contributed by atoms with van der Waals surface area (Å²) in [5.74, 6) is 3.00. The van der Waals surface area contributed by atoms with Crippen molar-refractivity contribution in [2.75, 3.05) is 0 Å². The van der Waals surface area contributed by atoms with Crippen molar-refractivity contribution in [2.24, 2.45) is 23.2 Å². The molecule has 0 saturated heterocycles. The van der Waals surface area contributed by atoms with Gasteiger partial charge in [-0.3, -0.25) is 0 Å². The van der Waals surface area contributed by atoms with Gasteiger partial charge in [-0.05, 0) is 80.8 Å². The first-order chi connectivity index (χ1) is 10.6. The fraction of sp³-hybridized carbons (Fsp3) is 0.684. The van der Waals surface area contributed by atoms with Crippen LogP contribution < -0.4 is 5.32 Å². The average Bonchev–Trinajstić information content (AvgIpc) is 2.45. The maximum Gasteiger partial charge on any atom is 0.0465 e. The van der Waals surface area contributed by atoms with Gasteiger partial charge in [0.1, 0.15) is 0 Å². The molecule has 3 heteroatoms. The molecule has 4 aliphatic rings. The third-order valence-electron chi connectivity index (χ3n) is 6.65. The summed E-state index contributed by atoms with van der Waals surface area (Å²) in [6, 6.07) is 6.32. The zero-order valence-corrected chi connectivity index (χ0v) is 14.8. The molecule has 0 spiro atoms. The molecule has 0 radical (unpaired) electrons. The van der Waals surface area contributed by atoms with E-state index in [1.165, 1.54) is 38.5 Å². The Labute approximate surface area is 143 Å². The maximum atomic E-state index is 6.31. The van der Waals surface area contributed by atoms with Crippen LogP contribution in [0.15, 0.2) is 18.2 Å². The lowest BCUT2D eigenvalue weighted by Gasteiger charge is -2.59. The van der Waals surface area contributed by atoms with E-state index in [-0.39, 0.29) is 0 Å². The molecule has 4 bridgehead atoms. The summed E-state index contributed by atoms with van der Waals surface area (Å²) in [7, 11) is 0. The van der Waals surface area contributed by atoms with Gasteiger partial charge >= 0.3 is 0 Å². The monoisotopic (exact) mass is 337 g/mol. The van der Waals surface area contributed by atoms with E-state index >= 15 is 0 Å². The highest BCUT2D eigenvalue weighted by Gasteiger charge is 2.52. The van der Waals surface area contributed by atoms with Gasteiger partial charge < -0.3 is 5.32 Å². The summed E-state index contributed by atoms with van der Waals surface area (Å²) < 4.78 is 0. The third kappa shape index (κ3) is 2.60. The first-order valence-corrected chi connectivity index (χ1v) is 9.47. The van der Waals surface area contributed by atoms with E-state index < -0.39 is 0 Å². The summed E-state index contributed by atoms with van der Waals surface area (Å²) in [6.45, 7) is 3.17. The topological polar surface area (TPSA) is 12.0 Å². The Kier molecular flexibility index (Phi) is 3.95. The van der Waals surface area contributed by atoms with Crippen LogP contribution in [0, 0.1) is 23.2 Å². The van der Waals surface area contributed by atoms with E-state index in [4.69, 9.17) is 23.2 Å². The largest absolute Gasteiger partial charge is 0.310 e. The quantitative estimate of drug-likeness (QED) is 0.744. The zero-order chi connectivity index (χ0) is 15.3. The van der Waals surface area contributed by atoms with Gasteiger partial charge in [0.2, 0.25) is 0 Å². The second kappa shape index (κ2) is 5.69. The van der Waals surface area contributed by atoms with Gasteiger partial charge in [-0.2, -0.15) is 0 Å². The molecule has 0 unspecified atom stereocenters. The van der Waals surface area contributed by atoms with Crippen LogP contribution in [0.1, 0.15) is 51.0 Å². The number of benzene rings is 1. The van der Waals surface area contributed by atoms with Crippen LogP contribution in [0.2, 0.25) is 10.0 Å². The van der Waals surface area contributed by atoms with Gasteiger partial charge in [0.15, 0.2) is 0 Å². The Balaban J connectivity index is 1.47. The lowest BCUT2D eigenvalue weighted by molar-refractivity contribution is -0.0706. The summed E-state index contributed by atoms with van der Waals surface area (Å²) >= 11 is 12.6. The van der Waals surface area contributed by atoms with Crippen molar-refractivity contribution in [3.05, 3.63) is 33.8 Å². The van der Waals surface area contributed by atoms with E-state index in [0.717, 1.165) is 39.9 Å². The van der Waals surface area contributed by atoms with Gasteiger partial charge in [-0.25, -0.2) is 0 Å². The highest BCUT2D eigenvalue weighted by Crippen LogP contribution is 2.61. The van der Waals surface area contributed by atoms with E-state index in [2.05, 4.69) is 12.2 Å². The molecule has 1 N–H and O–H groups in total. The van der Waals surface area contributed by atoms with E-state index in [0.29, 0.717) is 11.5 Å². The molecule has 22 heavy (non-hydrogen) atoms. The molecule has 4 saturated carbocycles. The minimum atomic E-state index is 0.530. The predicted octanol–water partition coefficient (Wildman–Crippen LogP) is 5.69. The van der Waals surface area contributed by atoms with Crippen LogP contribution >= 0.6 is 23.2 Å². The van der Waals surface area contributed by atoms with Crippen molar-refractivity contribution in [1.29, 1.82) is 0 Å². The van der Waals surface area contributed by atoms with Crippen LogP contribution in [0.5, 0.6) is 0 Å². The molecular weight excluding hydrogens is 313 g/mol. The molecule has 5 rings (SSSR count). The van der Waals surface area contributed by atoms with Crippen LogP contribution in [-0.4, -0.2) is 6.04 Å². The Morgan fingerprint density at radius 3 is 2.05 bits per heavy atom. The number of hydrogen-bond acceptors (Lipinski definition) is 1. The van der Waals surface area contributed by atoms with Gasteiger partial charge in [0.05, 0.1) is 0 Å². The van der Waals surface area contributed by atoms with Gasteiger partial charge in [-0.15, -0.1) is 0 Å². The summed E-state index contributed by atoms with van der Waals surface area (Å²) in [6.07, 6.45) is 8.81. The van der Waals surface area contributed by atoms with Gasteiger partial charge in [0.25, 0.3) is 0 Å². The van der Waals surface area contributed by atoms with E-state index in [1.807, 2.05) is 18.2 Å². The highest BCUT2D eigenvalue weighted by molar-refractivity contribution is 6.35. The fourth-order valence-electron chi connectivity index (χ4n) is 5.88. The molecule has 4 fully saturated rings. The number of nitrogens with one attached hydrogen (secondary N) is 1. The second-order valence-electron chi connectivity index (χ2n) is 8.08. The second-order valence-corrected chi connectivity index (χ2v) is 8.90. The molecule has 4 aliphatic carbocycles. The van der Waals surface area contributed by atoms with Gasteiger partial charge in [-0.1, -0.05) is 29.3 Å². The molecule has 0 aliphatic heterocycles. The smallest absolute Gasteiger partial charge is 0.0465 e. The Hall–Kier alpha value is -0.240. The average molecular weight is 338 g/mol. The highest BCUT2D eigenvalue weighted by atomic mass is 35.5. The molecule has 0 heterocycles. The normalized spacial score (nSPS) is 37.5. The maximum absolute atomic E-state index is 6.31. The van der Waals surface area contributed by atoms with Crippen molar-refractivity contribution in [3.63, 3.8) is 0 Å². The molecule has 0 aromatic heterocycles. The van der Waals surface area contributed by atoms with Crippen molar-refractivity contribution >= 4 is 23.2 Å². The molecule has 1 nitrogen and oxygen atoms in total. The Morgan fingerprint density at radius 2 is 1.55 bits per heavy atom. The van der Waals surface area contributed by atoms with E-state index in [1.54, 1.807) is 0 Å². The van der Waals surface area contributed by atoms with Crippen LogP contribution in [0.4, 0.5) is 0 Å². The lowest BCUT2D eigenvalue weighted by Crippen LogP contribution is -2.54. The standard InChI is InChI=1S/C19H25Cl2N/c1-12(22-11-16-17(20)3-2-4-18(16)21)19-8-13-5-14(9-19)7-15(6-13)10-19/h2-4,12-15,22H,5-11H2,1H3/t12-,13?,14?,15?,19?/m0/s1. The minimum Gasteiger partial charge on any atom is -0.310 e. The minimum absolute atomic E-state index is 0.530. The van der Waals surface area contributed by atoms with Gasteiger partial charge in [0, 0.05) is 28.2 Å². The molecule has 1 aromatic rings. The number of halogens is 2. The first-order valence-electron chi connectivity index (χ1n) is 8.72. The molecule has 1 aromatic carbocycles. The Morgan fingerprint density at radius 1 is 1.05 bits per heavy atom. The van der Waals surface area contributed by atoms with Crippen molar-refractivity contribution < 1.29 is 0 Å². The molecule has 1 atom stereocenters. The zero-order valence-electron chi connectivity index (χ0n) is 13.2. The molecule has 120 valence electrons. The molecule has 0 amide bonds.